The summed E-state index contributed by atoms with van der Waals surface area (Å²) >= 11 is 6.83. The number of nitrogens with zero attached hydrogens (tertiary/aromatic N) is 1. The van der Waals surface area contributed by atoms with Crippen LogP contribution in [-0.4, -0.2) is 22.1 Å². The predicted octanol–water partition coefficient (Wildman–Crippen LogP) is 5.43. The van der Waals surface area contributed by atoms with E-state index in [0.29, 0.717) is 21.4 Å². The highest BCUT2D eigenvalue weighted by molar-refractivity contribution is 8.18. The average molecular weight is 362 g/mol. The third-order valence-electron chi connectivity index (χ3n) is 3.88. The zero-order valence-corrected chi connectivity index (χ0v) is 14.9. The Kier molecular flexibility index (Phi) is 4.83. The number of carbonyl (C=O) groups is 2. The first-order chi connectivity index (χ1) is 11.5. The fourth-order valence-corrected chi connectivity index (χ4v) is 3.41. The maximum Gasteiger partial charge on any atom is 0.293 e. The van der Waals surface area contributed by atoms with E-state index in [1.807, 2.05) is 32.0 Å². The van der Waals surface area contributed by atoms with E-state index in [4.69, 9.17) is 16.0 Å². The molecular formula is C18H16ClNO3S. The van der Waals surface area contributed by atoms with E-state index < -0.39 is 0 Å². The van der Waals surface area contributed by atoms with Gasteiger partial charge in [0.25, 0.3) is 11.1 Å². The molecule has 0 aliphatic carbocycles. The van der Waals surface area contributed by atoms with E-state index in [0.717, 1.165) is 23.7 Å². The fourth-order valence-electron chi connectivity index (χ4n) is 2.37. The van der Waals surface area contributed by atoms with Gasteiger partial charge in [0.15, 0.2) is 0 Å². The van der Waals surface area contributed by atoms with Gasteiger partial charge >= 0.3 is 0 Å². The molecule has 124 valence electrons. The SMILES string of the molecule is CC[C@H](C)N1C(=O)S/C(=C/c2ccc(-c3ccc(Cl)cc3)o2)C1=O. The zero-order chi connectivity index (χ0) is 17.3. The highest BCUT2D eigenvalue weighted by atomic mass is 35.5. The highest BCUT2D eigenvalue weighted by Crippen LogP contribution is 2.35. The van der Waals surface area contributed by atoms with Gasteiger partial charge in [-0.25, -0.2) is 0 Å². The lowest BCUT2D eigenvalue weighted by Crippen LogP contribution is -2.36. The summed E-state index contributed by atoms with van der Waals surface area (Å²) in [6.45, 7) is 3.81. The molecule has 0 radical (unpaired) electrons. The highest BCUT2D eigenvalue weighted by Gasteiger charge is 2.37. The second-order valence-electron chi connectivity index (χ2n) is 5.52. The number of furan rings is 1. The molecule has 1 aromatic carbocycles. The van der Waals surface area contributed by atoms with E-state index in [-0.39, 0.29) is 17.2 Å². The molecule has 1 aromatic heterocycles. The monoisotopic (exact) mass is 361 g/mol. The topological polar surface area (TPSA) is 50.5 Å². The van der Waals surface area contributed by atoms with E-state index >= 15 is 0 Å². The van der Waals surface area contributed by atoms with Crippen LogP contribution in [0.4, 0.5) is 4.79 Å². The van der Waals surface area contributed by atoms with Gasteiger partial charge in [-0.05, 0) is 61.5 Å². The summed E-state index contributed by atoms with van der Waals surface area (Å²) in [7, 11) is 0. The molecule has 1 aliphatic rings. The number of halogens is 1. The number of thioether (sulfide) groups is 1. The Labute approximate surface area is 149 Å². The smallest absolute Gasteiger partial charge is 0.293 e. The molecule has 0 unspecified atom stereocenters. The number of imide groups is 1. The summed E-state index contributed by atoms with van der Waals surface area (Å²) < 4.78 is 5.76. The summed E-state index contributed by atoms with van der Waals surface area (Å²) in [6, 6.07) is 10.8. The molecule has 0 bridgehead atoms. The minimum absolute atomic E-state index is 0.107. The molecule has 6 heteroatoms. The van der Waals surface area contributed by atoms with Gasteiger partial charge in [0.1, 0.15) is 11.5 Å². The van der Waals surface area contributed by atoms with Crippen LogP contribution in [0.25, 0.3) is 17.4 Å². The summed E-state index contributed by atoms with van der Waals surface area (Å²) in [5, 5.41) is 0.425. The molecule has 0 spiro atoms. The second-order valence-corrected chi connectivity index (χ2v) is 6.95. The lowest BCUT2D eigenvalue weighted by Gasteiger charge is -2.19. The van der Waals surface area contributed by atoms with E-state index in [1.54, 1.807) is 24.3 Å². The van der Waals surface area contributed by atoms with Crippen molar-refractivity contribution in [3.8, 4) is 11.3 Å². The molecule has 0 N–H and O–H groups in total. The second kappa shape index (κ2) is 6.87. The molecule has 2 aromatic rings. The summed E-state index contributed by atoms with van der Waals surface area (Å²) in [6.07, 6.45) is 2.35. The largest absolute Gasteiger partial charge is 0.457 e. The predicted molar refractivity (Wildman–Crippen MR) is 96.7 cm³/mol. The maximum absolute atomic E-state index is 12.4. The average Bonchev–Trinajstić information content (AvgIpc) is 3.13. The zero-order valence-electron chi connectivity index (χ0n) is 13.3. The number of hydrogen-bond acceptors (Lipinski definition) is 4. The summed E-state index contributed by atoms with van der Waals surface area (Å²) in [4.78, 5) is 26.1. The number of hydrogen-bond donors (Lipinski definition) is 0. The van der Waals surface area contributed by atoms with Crippen molar-refractivity contribution >= 4 is 40.6 Å². The van der Waals surface area contributed by atoms with Crippen LogP contribution in [0, 0.1) is 0 Å². The molecule has 2 heterocycles. The first-order valence-corrected chi connectivity index (χ1v) is 8.82. The van der Waals surface area contributed by atoms with Crippen molar-refractivity contribution in [2.45, 2.75) is 26.3 Å². The Morgan fingerprint density at radius 2 is 1.92 bits per heavy atom. The first kappa shape index (κ1) is 16.9. The van der Waals surface area contributed by atoms with Crippen LogP contribution >= 0.6 is 23.4 Å². The van der Waals surface area contributed by atoms with Crippen LogP contribution in [-0.2, 0) is 4.79 Å². The van der Waals surface area contributed by atoms with Crippen LogP contribution in [0.5, 0.6) is 0 Å². The molecule has 1 saturated heterocycles. The number of rotatable bonds is 4. The van der Waals surface area contributed by atoms with Crippen LogP contribution in [0.15, 0.2) is 45.7 Å². The minimum atomic E-state index is -0.260. The van der Waals surface area contributed by atoms with Gasteiger partial charge in [0.05, 0.1) is 4.91 Å². The lowest BCUT2D eigenvalue weighted by molar-refractivity contribution is -0.124. The van der Waals surface area contributed by atoms with Crippen LogP contribution in [0.3, 0.4) is 0 Å². The van der Waals surface area contributed by atoms with Gasteiger partial charge in [-0.3, -0.25) is 14.5 Å². The Bertz CT molecular complexity index is 810. The van der Waals surface area contributed by atoms with Crippen molar-refractivity contribution in [3.63, 3.8) is 0 Å². The van der Waals surface area contributed by atoms with Crippen molar-refractivity contribution in [3.05, 3.63) is 52.1 Å². The lowest BCUT2D eigenvalue weighted by atomic mass is 10.2. The van der Waals surface area contributed by atoms with Gasteiger partial charge in [0, 0.05) is 22.7 Å². The summed E-state index contributed by atoms with van der Waals surface area (Å²) in [5.41, 5.74) is 0.895. The van der Waals surface area contributed by atoms with Crippen LogP contribution < -0.4 is 0 Å². The van der Waals surface area contributed by atoms with Crippen molar-refractivity contribution in [1.29, 1.82) is 0 Å². The van der Waals surface area contributed by atoms with E-state index in [9.17, 15) is 9.59 Å². The molecule has 24 heavy (non-hydrogen) atoms. The standard InChI is InChI=1S/C18H16ClNO3S/c1-3-11(2)20-17(21)16(24-18(20)22)10-14-8-9-15(23-14)12-4-6-13(19)7-5-12/h4-11H,3H2,1-2H3/b16-10+/t11-/m0/s1. The van der Waals surface area contributed by atoms with Crippen molar-refractivity contribution in [2.24, 2.45) is 0 Å². The quantitative estimate of drug-likeness (QED) is 0.681. The van der Waals surface area contributed by atoms with Crippen LogP contribution in [0.1, 0.15) is 26.0 Å². The van der Waals surface area contributed by atoms with Gasteiger partial charge in [-0.1, -0.05) is 18.5 Å². The molecule has 1 atom stereocenters. The fraction of sp³-hybridized carbons (Fsp3) is 0.222. The molecule has 0 saturated carbocycles. The van der Waals surface area contributed by atoms with Gasteiger partial charge < -0.3 is 4.42 Å². The third-order valence-corrected chi connectivity index (χ3v) is 5.02. The number of benzene rings is 1. The van der Waals surface area contributed by atoms with Gasteiger partial charge in [0.2, 0.25) is 0 Å². The Morgan fingerprint density at radius 1 is 1.21 bits per heavy atom. The van der Waals surface area contributed by atoms with Crippen molar-refractivity contribution in [2.75, 3.05) is 0 Å². The molecular weight excluding hydrogens is 346 g/mol. The van der Waals surface area contributed by atoms with Crippen LogP contribution in [0.2, 0.25) is 5.02 Å². The molecule has 1 aliphatic heterocycles. The molecule has 4 nitrogen and oxygen atoms in total. The molecule has 3 rings (SSSR count). The van der Waals surface area contributed by atoms with E-state index in [1.165, 1.54) is 4.90 Å². The number of carbonyl (C=O) groups excluding carboxylic acids is 2. The van der Waals surface area contributed by atoms with Gasteiger partial charge in [-0.2, -0.15) is 0 Å². The summed E-state index contributed by atoms with van der Waals surface area (Å²) in [5.74, 6) is 0.956. The van der Waals surface area contributed by atoms with Crippen molar-refractivity contribution in [1.82, 2.24) is 4.90 Å². The Balaban J connectivity index is 1.84. The number of amides is 2. The van der Waals surface area contributed by atoms with E-state index in [2.05, 4.69) is 0 Å². The maximum atomic E-state index is 12.4. The Hall–Kier alpha value is -1.98. The van der Waals surface area contributed by atoms with Gasteiger partial charge in [-0.15, -0.1) is 0 Å². The normalized spacial score (nSPS) is 17.8. The van der Waals surface area contributed by atoms with Crippen molar-refractivity contribution < 1.29 is 14.0 Å². The molecule has 1 fully saturated rings. The molecule has 2 amide bonds. The first-order valence-electron chi connectivity index (χ1n) is 7.62. The third kappa shape index (κ3) is 3.28. The Morgan fingerprint density at radius 3 is 2.58 bits per heavy atom. The minimum Gasteiger partial charge on any atom is -0.457 e.